The summed E-state index contributed by atoms with van der Waals surface area (Å²) in [7, 11) is 0. The number of rotatable bonds is 59. The molecule has 0 aromatic heterocycles. The maximum Gasteiger partial charge on any atom is 0.306 e. The first kappa shape index (κ1) is 72.6. The second kappa shape index (κ2) is 64.1. The summed E-state index contributed by atoms with van der Waals surface area (Å²) in [5.41, 5.74) is 0. The van der Waals surface area contributed by atoms with Gasteiger partial charge in [-0.05, 0) is 96.3 Å². The quantitative estimate of drug-likeness (QED) is 0.0261. The van der Waals surface area contributed by atoms with E-state index in [1.807, 2.05) is 0 Å². The first-order chi connectivity index (χ1) is 37.5. The standard InChI is InChI=1S/C70H122O6/c1-4-7-10-13-16-19-22-25-28-30-32-33-34-35-36-37-38-40-42-45-48-51-54-57-60-63-69(72)75-66-67(65-74-68(71)62-59-56-53-50-47-44-41-27-24-21-18-15-12-9-6-3)76-70(73)64-61-58-55-52-49-46-43-39-31-29-26-23-20-17-14-11-8-5-2/h7,10,16,18-19,21,25,27-28,32-33,35-36,41,67H,4-6,8-9,11-15,17,20,22-24,26,29-31,34,37-40,42-66H2,1-3H3/b10-7-,19-16-,21-18-,28-25-,33-32-,36-35-,41-27-. The number of ether oxygens (including phenoxy) is 3. The van der Waals surface area contributed by atoms with Gasteiger partial charge in [0.25, 0.3) is 0 Å². The molecule has 0 heterocycles. The molecule has 438 valence electrons. The highest BCUT2D eigenvalue weighted by molar-refractivity contribution is 5.71. The SMILES string of the molecule is CC/C=C\C/C=C\C/C=C\C/C=C\C/C=C\CCCCCCCCCCCC(=O)OCC(COC(=O)CCCCCCC/C=C\C/C=C\CCCCC)OC(=O)CCCCCCCCCCCCCCCCCCCC. The van der Waals surface area contributed by atoms with Crippen molar-refractivity contribution in [1.29, 1.82) is 0 Å². The van der Waals surface area contributed by atoms with Gasteiger partial charge in [0.15, 0.2) is 6.10 Å². The van der Waals surface area contributed by atoms with E-state index in [0.717, 1.165) is 116 Å². The van der Waals surface area contributed by atoms with Gasteiger partial charge in [0, 0.05) is 19.3 Å². The van der Waals surface area contributed by atoms with E-state index in [0.29, 0.717) is 19.3 Å². The summed E-state index contributed by atoms with van der Waals surface area (Å²) in [6, 6.07) is 0. The topological polar surface area (TPSA) is 78.9 Å². The van der Waals surface area contributed by atoms with Crippen molar-refractivity contribution in [1.82, 2.24) is 0 Å². The van der Waals surface area contributed by atoms with Gasteiger partial charge in [-0.2, -0.15) is 0 Å². The molecule has 1 atom stereocenters. The van der Waals surface area contributed by atoms with Crippen molar-refractivity contribution in [2.45, 2.75) is 329 Å². The highest BCUT2D eigenvalue weighted by atomic mass is 16.6. The Morgan fingerprint density at radius 2 is 0.513 bits per heavy atom. The van der Waals surface area contributed by atoms with Gasteiger partial charge in [-0.1, -0.05) is 292 Å². The van der Waals surface area contributed by atoms with E-state index in [-0.39, 0.29) is 31.1 Å². The molecule has 6 heteroatoms. The monoisotopic (exact) mass is 1060 g/mol. The normalized spacial score (nSPS) is 12.6. The molecule has 0 saturated heterocycles. The van der Waals surface area contributed by atoms with Crippen LogP contribution in [-0.2, 0) is 28.6 Å². The Hall–Kier alpha value is -3.41. The predicted octanol–water partition coefficient (Wildman–Crippen LogP) is 22.3. The van der Waals surface area contributed by atoms with Crippen LogP contribution in [0.25, 0.3) is 0 Å². The van der Waals surface area contributed by atoms with Crippen LogP contribution in [0.5, 0.6) is 0 Å². The lowest BCUT2D eigenvalue weighted by Crippen LogP contribution is -2.30. The Balaban J connectivity index is 4.35. The van der Waals surface area contributed by atoms with Crippen LogP contribution >= 0.6 is 0 Å². The second-order valence-electron chi connectivity index (χ2n) is 21.6. The van der Waals surface area contributed by atoms with Crippen LogP contribution in [0, 0.1) is 0 Å². The Morgan fingerprint density at radius 1 is 0.276 bits per heavy atom. The highest BCUT2D eigenvalue weighted by Gasteiger charge is 2.19. The lowest BCUT2D eigenvalue weighted by molar-refractivity contribution is -0.167. The molecule has 0 rings (SSSR count). The minimum absolute atomic E-state index is 0.0816. The first-order valence-electron chi connectivity index (χ1n) is 32.6. The fourth-order valence-corrected chi connectivity index (χ4v) is 9.27. The first-order valence-corrected chi connectivity index (χ1v) is 32.6. The summed E-state index contributed by atoms with van der Waals surface area (Å²) < 4.78 is 16.9. The van der Waals surface area contributed by atoms with Crippen LogP contribution in [0.15, 0.2) is 85.1 Å². The minimum atomic E-state index is -0.785. The average Bonchev–Trinajstić information content (AvgIpc) is 3.42. The van der Waals surface area contributed by atoms with E-state index in [1.165, 1.54) is 167 Å². The van der Waals surface area contributed by atoms with Crippen molar-refractivity contribution in [3.63, 3.8) is 0 Å². The third-order valence-corrected chi connectivity index (χ3v) is 14.1. The molecule has 0 amide bonds. The van der Waals surface area contributed by atoms with Crippen molar-refractivity contribution < 1.29 is 28.6 Å². The molecule has 0 bridgehead atoms. The van der Waals surface area contributed by atoms with E-state index in [9.17, 15) is 14.4 Å². The number of hydrogen-bond donors (Lipinski definition) is 0. The molecule has 0 aliphatic carbocycles. The fraction of sp³-hybridized carbons (Fsp3) is 0.757. The van der Waals surface area contributed by atoms with Gasteiger partial charge in [-0.25, -0.2) is 0 Å². The van der Waals surface area contributed by atoms with Gasteiger partial charge in [0.05, 0.1) is 0 Å². The van der Waals surface area contributed by atoms with Crippen molar-refractivity contribution in [3.8, 4) is 0 Å². The Bertz CT molecular complexity index is 1450. The van der Waals surface area contributed by atoms with Crippen molar-refractivity contribution in [2.75, 3.05) is 13.2 Å². The van der Waals surface area contributed by atoms with Gasteiger partial charge in [0.2, 0.25) is 0 Å². The zero-order valence-corrected chi connectivity index (χ0v) is 50.3. The smallest absolute Gasteiger partial charge is 0.306 e. The van der Waals surface area contributed by atoms with Crippen molar-refractivity contribution in [3.05, 3.63) is 85.1 Å². The molecule has 0 aromatic carbocycles. The molecular formula is C70H122O6. The second-order valence-corrected chi connectivity index (χ2v) is 21.6. The highest BCUT2D eigenvalue weighted by Crippen LogP contribution is 2.17. The van der Waals surface area contributed by atoms with Crippen LogP contribution in [-0.4, -0.2) is 37.2 Å². The Labute approximate surface area is 471 Å². The molecule has 0 radical (unpaired) electrons. The summed E-state index contributed by atoms with van der Waals surface area (Å²) in [6.45, 7) is 6.52. The molecule has 0 fully saturated rings. The summed E-state index contributed by atoms with van der Waals surface area (Å²) in [4.78, 5) is 38.3. The lowest BCUT2D eigenvalue weighted by atomic mass is 10.0. The number of esters is 3. The van der Waals surface area contributed by atoms with Crippen LogP contribution in [0.3, 0.4) is 0 Å². The van der Waals surface area contributed by atoms with E-state index >= 15 is 0 Å². The zero-order chi connectivity index (χ0) is 55.0. The van der Waals surface area contributed by atoms with Crippen LogP contribution < -0.4 is 0 Å². The van der Waals surface area contributed by atoms with Crippen molar-refractivity contribution >= 4 is 17.9 Å². The number of unbranched alkanes of at least 4 members (excludes halogenated alkanes) is 34. The number of allylic oxidation sites excluding steroid dienone is 14. The molecule has 6 nitrogen and oxygen atoms in total. The molecule has 0 aliphatic rings. The maximum absolute atomic E-state index is 12.9. The molecule has 0 saturated carbocycles. The molecule has 76 heavy (non-hydrogen) atoms. The van der Waals surface area contributed by atoms with Crippen molar-refractivity contribution in [2.24, 2.45) is 0 Å². The molecule has 0 spiro atoms. The van der Waals surface area contributed by atoms with E-state index in [1.54, 1.807) is 0 Å². The van der Waals surface area contributed by atoms with Crippen LogP contribution in [0.4, 0.5) is 0 Å². The number of carbonyl (C=O) groups is 3. The van der Waals surface area contributed by atoms with Crippen LogP contribution in [0.1, 0.15) is 323 Å². The zero-order valence-electron chi connectivity index (χ0n) is 50.3. The summed E-state index contributed by atoms with van der Waals surface area (Å²) in [5, 5.41) is 0. The fourth-order valence-electron chi connectivity index (χ4n) is 9.27. The van der Waals surface area contributed by atoms with Gasteiger partial charge in [-0.3, -0.25) is 14.4 Å². The molecule has 0 aliphatic heterocycles. The molecule has 1 unspecified atom stereocenters. The van der Waals surface area contributed by atoms with Gasteiger partial charge < -0.3 is 14.2 Å². The van der Waals surface area contributed by atoms with Gasteiger partial charge >= 0.3 is 17.9 Å². The van der Waals surface area contributed by atoms with Gasteiger partial charge in [-0.15, -0.1) is 0 Å². The molecule has 0 aromatic rings. The summed E-state index contributed by atoms with van der Waals surface area (Å²) >= 11 is 0. The Morgan fingerprint density at radius 3 is 0.829 bits per heavy atom. The van der Waals surface area contributed by atoms with E-state index < -0.39 is 6.10 Å². The largest absolute Gasteiger partial charge is 0.462 e. The number of hydrogen-bond acceptors (Lipinski definition) is 6. The van der Waals surface area contributed by atoms with E-state index in [4.69, 9.17) is 14.2 Å². The molecular weight excluding hydrogens is 937 g/mol. The third-order valence-electron chi connectivity index (χ3n) is 14.1. The third kappa shape index (κ3) is 61.4. The number of carbonyl (C=O) groups excluding carboxylic acids is 3. The van der Waals surface area contributed by atoms with Gasteiger partial charge in [0.1, 0.15) is 13.2 Å². The lowest BCUT2D eigenvalue weighted by Gasteiger charge is -2.18. The summed E-state index contributed by atoms with van der Waals surface area (Å²) in [6.07, 6.45) is 84.4. The molecule has 0 N–H and O–H groups in total. The van der Waals surface area contributed by atoms with Crippen LogP contribution in [0.2, 0.25) is 0 Å². The Kier molecular flexibility index (Phi) is 61.2. The summed E-state index contributed by atoms with van der Waals surface area (Å²) in [5.74, 6) is -0.885. The predicted molar refractivity (Wildman–Crippen MR) is 330 cm³/mol. The minimum Gasteiger partial charge on any atom is -0.462 e. The average molecular weight is 1060 g/mol. The maximum atomic E-state index is 12.9. The van der Waals surface area contributed by atoms with E-state index in [2.05, 4.69) is 106 Å².